The van der Waals surface area contributed by atoms with Gasteiger partial charge in [-0.25, -0.2) is 0 Å². The molecule has 1 saturated carbocycles. The Labute approximate surface area is 94.8 Å². The van der Waals surface area contributed by atoms with Gasteiger partial charge < -0.3 is 5.32 Å². The summed E-state index contributed by atoms with van der Waals surface area (Å²) < 4.78 is 2.21. The molecule has 1 aliphatic carbocycles. The second-order valence-corrected chi connectivity index (χ2v) is 4.88. The third-order valence-electron chi connectivity index (χ3n) is 3.58. The molecule has 82 valence electrons. The van der Waals surface area contributed by atoms with Gasteiger partial charge >= 0.3 is 0 Å². The Hall–Kier alpha value is -0.540. The predicted octanol–water partition coefficient (Wildman–Crippen LogP) is 2.30. The normalized spacial score (nSPS) is 21.9. The molecule has 3 nitrogen and oxygen atoms in total. The molecule has 1 fully saturated rings. The Kier molecular flexibility index (Phi) is 2.45. The van der Waals surface area contributed by atoms with E-state index in [1.807, 2.05) is 0 Å². The fourth-order valence-corrected chi connectivity index (χ4v) is 3.04. The fourth-order valence-electron chi connectivity index (χ4n) is 2.78. The maximum atomic E-state index is 6.17. The van der Waals surface area contributed by atoms with Gasteiger partial charge in [-0.05, 0) is 12.8 Å². The van der Waals surface area contributed by atoms with Gasteiger partial charge in [-0.2, -0.15) is 5.10 Å². The zero-order chi connectivity index (χ0) is 10.3. The molecule has 2 heterocycles. The second kappa shape index (κ2) is 3.80. The first kappa shape index (κ1) is 9.67. The van der Waals surface area contributed by atoms with Crippen molar-refractivity contribution in [1.29, 1.82) is 0 Å². The van der Waals surface area contributed by atoms with E-state index in [0.29, 0.717) is 11.2 Å². The highest BCUT2D eigenvalue weighted by atomic mass is 35.5. The summed E-state index contributed by atoms with van der Waals surface area (Å²) in [4.78, 5) is 0. The van der Waals surface area contributed by atoms with Crippen molar-refractivity contribution >= 4 is 11.6 Å². The fraction of sp³-hybridized carbons (Fsp3) is 0.727. The van der Waals surface area contributed by atoms with Crippen molar-refractivity contribution in [3.63, 3.8) is 0 Å². The molecule has 0 spiro atoms. The van der Waals surface area contributed by atoms with Gasteiger partial charge in [0.25, 0.3) is 0 Å². The summed E-state index contributed by atoms with van der Waals surface area (Å²) in [5.41, 5.74) is 2.61. The topological polar surface area (TPSA) is 29.9 Å². The van der Waals surface area contributed by atoms with Gasteiger partial charge in [-0.3, -0.25) is 4.68 Å². The number of aromatic nitrogens is 2. The molecular weight excluding hydrogens is 210 g/mol. The highest BCUT2D eigenvalue weighted by Crippen LogP contribution is 2.33. The smallest absolute Gasteiger partial charge is 0.155 e. The number of rotatable bonds is 1. The van der Waals surface area contributed by atoms with Crippen molar-refractivity contribution in [2.75, 3.05) is 6.54 Å². The largest absolute Gasteiger partial charge is 0.312 e. The molecule has 4 heteroatoms. The number of halogens is 1. The van der Waals surface area contributed by atoms with E-state index in [9.17, 15) is 0 Å². The van der Waals surface area contributed by atoms with Crippen molar-refractivity contribution < 1.29 is 0 Å². The summed E-state index contributed by atoms with van der Waals surface area (Å²) in [6.45, 7) is 1.95. The predicted molar refractivity (Wildman–Crippen MR) is 60.2 cm³/mol. The Morgan fingerprint density at radius 1 is 1.33 bits per heavy atom. The summed E-state index contributed by atoms with van der Waals surface area (Å²) in [6, 6.07) is 0.615. The minimum absolute atomic E-state index is 0.615. The molecule has 3 rings (SSSR count). The van der Waals surface area contributed by atoms with Gasteiger partial charge in [0, 0.05) is 30.8 Å². The van der Waals surface area contributed by atoms with Gasteiger partial charge in [-0.1, -0.05) is 24.4 Å². The highest BCUT2D eigenvalue weighted by molar-refractivity contribution is 6.30. The van der Waals surface area contributed by atoms with Crippen molar-refractivity contribution in [3.05, 3.63) is 16.4 Å². The first-order valence-corrected chi connectivity index (χ1v) is 6.20. The van der Waals surface area contributed by atoms with E-state index < -0.39 is 0 Å². The molecule has 1 aliphatic heterocycles. The third-order valence-corrected chi connectivity index (χ3v) is 3.88. The summed E-state index contributed by atoms with van der Waals surface area (Å²) in [5.74, 6) is 0. The van der Waals surface area contributed by atoms with Crippen LogP contribution in [0, 0.1) is 0 Å². The number of nitrogens with zero attached hydrogens (tertiary/aromatic N) is 2. The lowest BCUT2D eigenvalue weighted by Gasteiger charge is -2.18. The number of nitrogens with one attached hydrogen (secondary N) is 1. The summed E-state index contributed by atoms with van der Waals surface area (Å²) in [6.07, 6.45) is 6.31. The Bertz CT molecular complexity index is 366. The molecule has 1 aromatic rings. The lowest BCUT2D eigenvalue weighted by Crippen LogP contribution is -2.25. The van der Waals surface area contributed by atoms with Crippen LogP contribution >= 0.6 is 11.6 Å². The third kappa shape index (κ3) is 1.58. The van der Waals surface area contributed by atoms with Gasteiger partial charge in [0.2, 0.25) is 0 Å². The lowest BCUT2D eigenvalue weighted by atomic mass is 10.1. The molecule has 0 bridgehead atoms. The summed E-state index contributed by atoms with van der Waals surface area (Å²) >= 11 is 6.17. The minimum Gasteiger partial charge on any atom is -0.312 e. The molecule has 0 aromatic carbocycles. The SMILES string of the molecule is Clc1nn(C2CCCC2)c2c1CNCC2. The molecule has 0 unspecified atom stereocenters. The van der Waals surface area contributed by atoms with Crippen LogP contribution in [0.15, 0.2) is 0 Å². The van der Waals surface area contributed by atoms with Crippen LogP contribution in [0.25, 0.3) is 0 Å². The van der Waals surface area contributed by atoms with Crippen molar-refractivity contribution in [1.82, 2.24) is 15.1 Å². The lowest BCUT2D eigenvalue weighted by molar-refractivity contribution is 0.441. The molecule has 1 aromatic heterocycles. The average Bonchev–Trinajstić information content (AvgIpc) is 2.87. The van der Waals surface area contributed by atoms with E-state index in [0.717, 1.165) is 19.5 Å². The van der Waals surface area contributed by atoms with Crippen molar-refractivity contribution in [2.24, 2.45) is 0 Å². The van der Waals surface area contributed by atoms with Gasteiger partial charge in [0.15, 0.2) is 5.15 Å². The average molecular weight is 226 g/mol. The van der Waals surface area contributed by atoms with Crippen LogP contribution < -0.4 is 5.32 Å². The quantitative estimate of drug-likeness (QED) is 0.795. The van der Waals surface area contributed by atoms with Crippen LogP contribution in [-0.2, 0) is 13.0 Å². The van der Waals surface area contributed by atoms with Crippen LogP contribution in [0.2, 0.25) is 5.15 Å². The van der Waals surface area contributed by atoms with Gasteiger partial charge in [0.1, 0.15) is 0 Å². The van der Waals surface area contributed by atoms with E-state index in [2.05, 4.69) is 15.1 Å². The Morgan fingerprint density at radius 3 is 2.93 bits per heavy atom. The van der Waals surface area contributed by atoms with Gasteiger partial charge in [-0.15, -0.1) is 0 Å². The standard InChI is InChI=1S/C11H16ClN3/c12-11-9-7-13-6-5-10(9)15(14-11)8-3-1-2-4-8/h8,13H,1-7H2. The van der Waals surface area contributed by atoms with Crippen LogP contribution in [0.3, 0.4) is 0 Å². The zero-order valence-electron chi connectivity index (χ0n) is 8.80. The van der Waals surface area contributed by atoms with Crippen LogP contribution in [0.4, 0.5) is 0 Å². The van der Waals surface area contributed by atoms with E-state index in [4.69, 9.17) is 11.6 Å². The maximum Gasteiger partial charge on any atom is 0.155 e. The monoisotopic (exact) mass is 225 g/mol. The molecule has 1 N–H and O–H groups in total. The Balaban J connectivity index is 1.99. The molecular formula is C11H16ClN3. The maximum absolute atomic E-state index is 6.17. The molecule has 2 aliphatic rings. The number of hydrogen-bond acceptors (Lipinski definition) is 2. The number of fused-ring (bicyclic) bond motifs is 1. The highest BCUT2D eigenvalue weighted by Gasteiger charge is 2.25. The first-order chi connectivity index (χ1) is 7.36. The van der Waals surface area contributed by atoms with Crippen molar-refractivity contribution in [2.45, 2.75) is 44.7 Å². The van der Waals surface area contributed by atoms with Gasteiger partial charge in [0.05, 0.1) is 6.04 Å². The first-order valence-electron chi connectivity index (χ1n) is 5.83. The molecule has 0 radical (unpaired) electrons. The van der Waals surface area contributed by atoms with E-state index >= 15 is 0 Å². The van der Waals surface area contributed by atoms with Crippen LogP contribution in [-0.4, -0.2) is 16.3 Å². The summed E-state index contributed by atoms with van der Waals surface area (Å²) in [5, 5.41) is 8.58. The summed E-state index contributed by atoms with van der Waals surface area (Å²) in [7, 11) is 0. The molecule has 15 heavy (non-hydrogen) atoms. The Morgan fingerprint density at radius 2 is 2.13 bits per heavy atom. The van der Waals surface area contributed by atoms with E-state index in [1.54, 1.807) is 0 Å². The van der Waals surface area contributed by atoms with Crippen LogP contribution in [0.5, 0.6) is 0 Å². The second-order valence-electron chi connectivity index (χ2n) is 4.53. The zero-order valence-corrected chi connectivity index (χ0v) is 9.56. The van der Waals surface area contributed by atoms with Crippen molar-refractivity contribution in [3.8, 4) is 0 Å². The van der Waals surface area contributed by atoms with E-state index in [1.165, 1.54) is 36.9 Å². The molecule has 0 saturated heterocycles. The van der Waals surface area contributed by atoms with Crippen LogP contribution in [0.1, 0.15) is 43.0 Å². The van der Waals surface area contributed by atoms with E-state index in [-0.39, 0.29) is 0 Å². The molecule has 0 amide bonds. The minimum atomic E-state index is 0.615. The number of hydrogen-bond donors (Lipinski definition) is 1. The molecule has 0 atom stereocenters.